The second-order valence-corrected chi connectivity index (χ2v) is 6.61. The topological polar surface area (TPSA) is 73.1 Å². The normalized spacial score (nSPS) is 16.3. The minimum Gasteiger partial charge on any atom is -0.494 e. The number of benzene rings is 1. The van der Waals surface area contributed by atoms with Gasteiger partial charge in [0.1, 0.15) is 23.4 Å². The lowest BCUT2D eigenvalue weighted by atomic mass is 9.98. The van der Waals surface area contributed by atoms with E-state index in [1.165, 1.54) is 0 Å². The number of nitrogens with zero attached hydrogens (tertiary/aromatic N) is 5. The molecule has 0 radical (unpaired) electrons. The van der Waals surface area contributed by atoms with E-state index in [0.717, 1.165) is 40.9 Å². The van der Waals surface area contributed by atoms with Gasteiger partial charge < -0.3 is 9.64 Å². The van der Waals surface area contributed by atoms with E-state index < -0.39 is 0 Å². The molecule has 134 valence electrons. The van der Waals surface area contributed by atoms with Gasteiger partial charge in [-0.3, -0.25) is 9.78 Å². The fourth-order valence-corrected chi connectivity index (χ4v) is 3.59. The fourth-order valence-electron chi connectivity index (χ4n) is 3.59. The van der Waals surface area contributed by atoms with Gasteiger partial charge in [-0.15, -0.1) is 0 Å². The van der Waals surface area contributed by atoms with E-state index >= 15 is 0 Å². The Kier molecular flexibility index (Phi) is 4.28. The Morgan fingerprint density at radius 2 is 2.23 bits per heavy atom. The van der Waals surface area contributed by atoms with Crippen LogP contribution in [0.25, 0.3) is 10.9 Å². The van der Waals surface area contributed by atoms with Crippen LogP contribution < -0.4 is 4.74 Å². The van der Waals surface area contributed by atoms with Crippen molar-refractivity contribution in [2.75, 3.05) is 14.2 Å². The third-order valence-electron chi connectivity index (χ3n) is 4.98. The average molecular weight is 351 g/mol. The maximum atomic E-state index is 12.9. The SMILES string of the molecule is COc1ccc(CN(C)C(=O)C2CCc3ncnn3C2)c2cccnc12. The van der Waals surface area contributed by atoms with Crippen molar-refractivity contribution in [3.8, 4) is 5.75 Å². The van der Waals surface area contributed by atoms with E-state index in [-0.39, 0.29) is 11.8 Å². The number of carbonyl (C=O) groups excluding carboxylic acids is 1. The number of carbonyl (C=O) groups is 1. The zero-order chi connectivity index (χ0) is 18.1. The van der Waals surface area contributed by atoms with Crippen LogP contribution in [0.2, 0.25) is 0 Å². The third kappa shape index (κ3) is 2.89. The zero-order valence-corrected chi connectivity index (χ0v) is 14.9. The van der Waals surface area contributed by atoms with Crippen molar-refractivity contribution >= 4 is 16.8 Å². The summed E-state index contributed by atoms with van der Waals surface area (Å²) in [5.74, 6) is 1.78. The lowest BCUT2D eigenvalue weighted by Crippen LogP contribution is -2.37. The summed E-state index contributed by atoms with van der Waals surface area (Å²) in [6, 6.07) is 7.83. The van der Waals surface area contributed by atoms with Gasteiger partial charge in [-0.05, 0) is 24.1 Å². The molecule has 0 saturated carbocycles. The summed E-state index contributed by atoms with van der Waals surface area (Å²) in [6.45, 7) is 1.13. The number of rotatable bonds is 4. The molecule has 3 heterocycles. The Morgan fingerprint density at radius 1 is 1.35 bits per heavy atom. The van der Waals surface area contributed by atoms with Crippen LogP contribution in [0.5, 0.6) is 5.75 Å². The molecule has 2 aromatic heterocycles. The molecule has 1 unspecified atom stereocenters. The van der Waals surface area contributed by atoms with Gasteiger partial charge in [-0.1, -0.05) is 12.1 Å². The molecule has 7 nitrogen and oxygen atoms in total. The second kappa shape index (κ2) is 6.74. The molecule has 1 atom stereocenters. The summed E-state index contributed by atoms with van der Waals surface area (Å²) in [4.78, 5) is 23.4. The summed E-state index contributed by atoms with van der Waals surface area (Å²) in [5, 5.41) is 5.21. The van der Waals surface area contributed by atoms with Crippen LogP contribution in [-0.4, -0.2) is 44.7 Å². The number of hydrogen-bond acceptors (Lipinski definition) is 5. The highest BCUT2D eigenvalue weighted by molar-refractivity contribution is 5.88. The third-order valence-corrected chi connectivity index (χ3v) is 4.98. The summed E-state index contributed by atoms with van der Waals surface area (Å²) in [6.07, 6.45) is 4.91. The van der Waals surface area contributed by atoms with Crippen molar-refractivity contribution in [2.45, 2.75) is 25.9 Å². The second-order valence-electron chi connectivity index (χ2n) is 6.61. The van der Waals surface area contributed by atoms with Crippen molar-refractivity contribution in [3.05, 3.63) is 48.2 Å². The van der Waals surface area contributed by atoms with E-state index in [1.807, 2.05) is 36.0 Å². The predicted molar refractivity (Wildman–Crippen MR) is 96.6 cm³/mol. The number of methoxy groups -OCH3 is 1. The van der Waals surface area contributed by atoms with Gasteiger partial charge in [0.25, 0.3) is 0 Å². The molecule has 0 saturated heterocycles. The largest absolute Gasteiger partial charge is 0.494 e. The first kappa shape index (κ1) is 16.5. The van der Waals surface area contributed by atoms with Crippen LogP contribution in [0, 0.1) is 5.92 Å². The zero-order valence-electron chi connectivity index (χ0n) is 14.9. The summed E-state index contributed by atoms with van der Waals surface area (Å²) in [5.41, 5.74) is 1.88. The van der Waals surface area contributed by atoms with Crippen LogP contribution in [-0.2, 0) is 24.3 Å². The fraction of sp³-hybridized carbons (Fsp3) is 0.368. The van der Waals surface area contributed by atoms with Crippen LogP contribution in [0.3, 0.4) is 0 Å². The van der Waals surface area contributed by atoms with Gasteiger partial charge in [-0.2, -0.15) is 5.10 Å². The molecule has 3 aromatic rings. The Labute approximate surface area is 151 Å². The first-order valence-electron chi connectivity index (χ1n) is 8.69. The molecule has 1 aromatic carbocycles. The van der Waals surface area contributed by atoms with E-state index in [2.05, 4.69) is 15.1 Å². The van der Waals surface area contributed by atoms with Gasteiger partial charge in [0.15, 0.2) is 0 Å². The maximum absolute atomic E-state index is 12.9. The van der Waals surface area contributed by atoms with Crippen LogP contribution >= 0.6 is 0 Å². The van der Waals surface area contributed by atoms with Crippen molar-refractivity contribution in [2.24, 2.45) is 5.92 Å². The molecular formula is C19H21N5O2. The van der Waals surface area contributed by atoms with Gasteiger partial charge in [-0.25, -0.2) is 9.67 Å². The minimum absolute atomic E-state index is 0.0585. The van der Waals surface area contributed by atoms with E-state index in [4.69, 9.17) is 4.74 Å². The molecule has 7 heteroatoms. The van der Waals surface area contributed by atoms with Gasteiger partial charge in [0, 0.05) is 31.6 Å². The number of fused-ring (bicyclic) bond motifs is 2. The van der Waals surface area contributed by atoms with E-state index in [0.29, 0.717) is 13.1 Å². The van der Waals surface area contributed by atoms with Crippen molar-refractivity contribution in [1.29, 1.82) is 0 Å². The summed E-state index contributed by atoms with van der Waals surface area (Å²) >= 11 is 0. The molecule has 1 aliphatic rings. The molecule has 1 amide bonds. The molecule has 0 aliphatic carbocycles. The number of amides is 1. The Balaban J connectivity index is 1.54. The summed E-state index contributed by atoms with van der Waals surface area (Å²) in [7, 11) is 3.49. The maximum Gasteiger partial charge on any atom is 0.227 e. The number of aromatic nitrogens is 4. The van der Waals surface area contributed by atoms with Gasteiger partial charge >= 0.3 is 0 Å². The molecule has 26 heavy (non-hydrogen) atoms. The monoisotopic (exact) mass is 351 g/mol. The summed E-state index contributed by atoms with van der Waals surface area (Å²) < 4.78 is 7.24. The van der Waals surface area contributed by atoms with E-state index in [1.54, 1.807) is 24.5 Å². The smallest absolute Gasteiger partial charge is 0.227 e. The lowest BCUT2D eigenvalue weighted by molar-refractivity contribution is -0.135. The lowest BCUT2D eigenvalue weighted by Gasteiger charge is -2.27. The minimum atomic E-state index is -0.0585. The Morgan fingerprint density at radius 3 is 3.08 bits per heavy atom. The molecule has 0 spiro atoms. The average Bonchev–Trinajstić information content (AvgIpc) is 3.15. The first-order chi connectivity index (χ1) is 12.7. The molecule has 1 aliphatic heterocycles. The Bertz CT molecular complexity index is 952. The predicted octanol–water partition coefficient (Wildman–Crippen LogP) is 2.06. The van der Waals surface area contributed by atoms with Crippen LogP contribution in [0.1, 0.15) is 17.8 Å². The molecule has 0 fully saturated rings. The van der Waals surface area contributed by atoms with Crippen molar-refractivity contribution in [3.63, 3.8) is 0 Å². The quantitative estimate of drug-likeness (QED) is 0.719. The van der Waals surface area contributed by atoms with Gasteiger partial charge in [0.05, 0.1) is 19.6 Å². The highest BCUT2D eigenvalue weighted by Crippen LogP contribution is 2.28. The van der Waals surface area contributed by atoms with E-state index in [9.17, 15) is 4.79 Å². The van der Waals surface area contributed by atoms with Crippen LogP contribution in [0.15, 0.2) is 36.8 Å². The molecular weight excluding hydrogens is 330 g/mol. The highest BCUT2D eigenvalue weighted by Gasteiger charge is 2.28. The van der Waals surface area contributed by atoms with Crippen molar-refractivity contribution in [1.82, 2.24) is 24.6 Å². The number of pyridine rings is 1. The first-order valence-corrected chi connectivity index (χ1v) is 8.69. The molecule has 0 N–H and O–H groups in total. The Hall–Kier alpha value is -2.96. The number of hydrogen-bond donors (Lipinski definition) is 0. The highest BCUT2D eigenvalue weighted by atomic mass is 16.5. The van der Waals surface area contributed by atoms with Crippen LogP contribution in [0.4, 0.5) is 0 Å². The van der Waals surface area contributed by atoms with Gasteiger partial charge in [0.2, 0.25) is 5.91 Å². The standard InChI is InChI=1S/C19H21N5O2/c1-23(19(25)14-6-8-17-21-12-22-24(17)11-14)10-13-5-7-16(26-2)18-15(13)4-3-9-20-18/h3-5,7,9,12,14H,6,8,10-11H2,1-2H3. The number of aryl methyl sites for hydroxylation is 1. The number of ether oxygens (including phenoxy) is 1. The molecule has 4 rings (SSSR count). The van der Waals surface area contributed by atoms with Crippen molar-refractivity contribution < 1.29 is 9.53 Å². The molecule has 0 bridgehead atoms.